The molecule has 2 fully saturated rings. The normalized spacial score (nSPS) is 36.0. The van der Waals surface area contributed by atoms with Crippen molar-refractivity contribution in [3.8, 4) is 0 Å². The standard InChI is InChI=1S/C16H32N2O/c1-3-13-7-8-14(11-17)16(10-13)18(4-2)12-15-6-5-9-19-15/h13-16H,3-12,17H2,1-2H3. The van der Waals surface area contributed by atoms with Crippen LogP contribution in [0.4, 0.5) is 0 Å². The van der Waals surface area contributed by atoms with Gasteiger partial charge < -0.3 is 10.5 Å². The molecule has 4 unspecified atom stereocenters. The molecular weight excluding hydrogens is 236 g/mol. The Bertz CT molecular complexity index is 253. The zero-order valence-electron chi connectivity index (χ0n) is 12.8. The van der Waals surface area contributed by atoms with Gasteiger partial charge in [-0.1, -0.05) is 26.7 Å². The fraction of sp³-hybridized carbons (Fsp3) is 1.00. The fourth-order valence-electron chi connectivity index (χ4n) is 3.94. The lowest BCUT2D eigenvalue weighted by atomic mass is 9.76. The van der Waals surface area contributed by atoms with Crippen molar-refractivity contribution in [2.45, 2.75) is 64.5 Å². The average molecular weight is 268 g/mol. The molecule has 1 saturated carbocycles. The molecule has 0 spiro atoms. The Morgan fingerprint density at radius 1 is 1.21 bits per heavy atom. The van der Waals surface area contributed by atoms with Gasteiger partial charge in [0.15, 0.2) is 0 Å². The molecule has 0 aromatic rings. The van der Waals surface area contributed by atoms with Gasteiger partial charge in [0.2, 0.25) is 0 Å². The number of likely N-dealkylation sites (N-methyl/N-ethyl adjacent to an activating group) is 1. The van der Waals surface area contributed by atoms with Crippen molar-refractivity contribution < 1.29 is 4.74 Å². The zero-order valence-corrected chi connectivity index (χ0v) is 12.8. The number of hydrogen-bond acceptors (Lipinski definition) is 3. The van der Waals surface area contributed by atoms with Gasteiger partial charge in [-0.15, -0.1) is 0 Å². The molecule has 19 heavy (non-hydrogen) atoms. The summed E-state index contributed by atoms with van der Waals surface area (Å²) in [6.45, 7) is 8.69. The molecule has 1 aliphatic heterocycles. The number of nitrogens with two attached hydrogens (primary N) is 1. The molecule has 0 amide bonds. The van der Waals surface area contributed by atoms with Gasteiger partial charge in [0.05, 0.1) is 6.10 Å². The first-order chi connectivity index (χ1) is 9.28. The van der Waals surface area contributed by atoms with E-state index < -0.39 is 0 Å². The van der Waals surface area contributed by atoms with E-state index in [9.17, 15) is 0 Å². The van der Waals surface area contributed by atoms with Crippen molar-refractivity contribution >= 4 is 0 Å². The molecule has 3 heteroatoms. The third-order valence-electron chi connectivity index (χ3n) is 5.28. The minimum atomic E-state index is 0.473. The molecular formula is C16H32N2O. The molecule has 1 aliphatic carbocycles. The summed E-state index contributed by atoms with van der Waals surface area (Å²) in [6.07, 6.45) is 8.33. The Morgan fingerprint density at radius 3 is 2.63 bits per heavy atom. The lowest BCUT2D eigenvalue weighted by Crippen LogP contribution is -2.49. The lowest BCUT2D eigenvalue weighted by Gasteiger charge is -2.43. The number of ether oxygens (including phenoxy) is 1. The minimum absolute atomic E-state index is 0.473. The Morgan fingerprint density at radius 2 is 2.05 bits per heavy atom. The Balaban J connectivity index is 1.95. The lowest BCUT2D eigenvalue weighted by molar-refractivity contribution is 0.0257. The van der Waals surface area contributed by atoms with Crippen LogP contribution in [0, 0.1) is 11.8 Å². The van der Waals surface area contributed by atoms with E-state index in [-0.39, 0.29) is 0 Å². The molecule has 2 aliphatic rings. The average Bonchev–Trinajstić information content (AvgIpc) is 2.97. The highest BCUT2D eigenvalue weighted by atomic mass is 16.5. The molecule has 2 rings (SSSR count). The quantitative estimate of drug-likeness (QED) is 0.805. The van der Waals surface area contributed by atoms with Crippen molar-refractivity contribution in [3.63, 3.8) is 0 Å². The highest BCUT2D eigenvalue weighted by Gasteiger charge is 2.33. The summed E-state index contributed by atoms with van der Waals surface area (Å²) < 4.78 is 5.83. The van der Waals surface area contributed by atoms with Gasteiger partial charge in [-0.2, -0.15) is 0 Å². The van der Waals surface area contributed by atoms with Gasteiger partial charge in [-0.25, -0.2) is 0 Å². The number of hydrogen-bond donors (Lipinski definition) is 1. The highest BCUT2D eigenvalue weighted by molar-refractivity contribution is 4.88. The molecule has 0 aromatic carbocycles. The molecule has 4 atom stereocenters. The van der Waals surface area contributed by atoms with Gasteiger partial charge in [0.25, 0.3) is 0 Å². The Hall–Kier alpha value is -0.120. The van der Waals surface area contributed by atoms with E-state index in [0.717, 1.165) is 32.2 Å². The van der Waals surface area contributed by atoms with Crippen LogP contribution in [0.5, 0.6) is 0 Å². The molecule has 112 valence electrons. The molecule has 0 radical (unpaired) electrons. The maximum absolute atomic E-state index is 6.02. The number of rotatable bonds is 6. The predicted molar refractivity (Wildman–Crippen MR) is 80.2 cm³/mol. The molecule has 3 nitrogen and oxygen atoms in total. The van der Waals surface area contributed by atoms with E-state index in [1.807, 2.05) is 0 Å². The third-order valence-corrected chi connectivity index (χ3v) is 5.28. The van der Waals surface area contributed by atoms with Crippen LogP contribution in [0.3, 0.4) is 0 Å². The van der Waals surface area contributed by atoms with Crippen LogP contribution in [0.15, 0.2) is 0 Å². The first-order valence-electron chi connectivity index (χ1n) is 8.34. The second-order valence-corrected chi connectivity index (χ2v) is 6.37. The summed E-state index contributed by atoms with van der Waals surface area (Å²) in [6, 6.07) is 0.692. The molecule has 1 heterocycles. The van der Waals surface area contributed by atoms with Crippen molar-refractivity contribution in [2.24, 2.45) is 17.6 Å². The molecule has 1 saturated heterocycles. The van der Waals surface area contributed by atoms with Crippen molar-refractivity contribution in [3.05, 3.63) is 0 Å². The zero-order chi connectivity index (χ0) is 13.7. The van der Waals surface area contributed by atoms with Crippen LogP contribution >= 0.6 is 0 Å². The smallest absolute Gasteiger partial charge is 0.0702 e. The minimum Gasteiger partial charge on any atom is -0.377 e. The fourth-order valence-corrected chi connectivity index (χ4v) is 3.94. The van der Waals surface area contributed by atoms with Crippen molar-refractivity contribution in [2.75, 3.05) is 26.2 Å². The SMILES string of the molecule is CCC1CCC(CN)C(N(CC)CC2CCCO2)C1. The second-order valence-electron chi connectivity index (χ2n) is 6.37. The summed E-state index contributed by atoms with van der Waals surface area (Å²) in [5.41, 5.74) is 6.02. The summed E-state index contributed by atoms with van der Waals surface area (Å²) in [5, 5.41) is 0. The van der Waals surface area contributed by atoms with Gasteiger partial charge in [-0.3, -0.25) is 4.90 Å². The van der Waals surface area contributed by atoms with E-state index in [2.05, 4.69) is 18.7 Å². The summed E-state index contributed by atoms with van der Waals surface area (Å²) in [4.78, 5) is 2.66. The largest absolute Gasteiger partial charge is 0.377 e. The number of nitrogens with zero attached hydrogens (tertiary/aromatic N) is 1. The summed E-state index contributed by atoms with van der Waals surface area (Å²) in [7, 11) is 0. The highest BCUT2D eigenvalue weighted by Crippen LogP contribution is 2.34. The van der Waals surface area contributed by atoms with Crippen LogP contribution < -0.4 is 5.73 Å². The molecule has 0 bridgehead atoms. The maximum atomic E-state index is 6.02. The van der Waals surface area contributed by atoms with E-state index >= 15 is 0 Å². The molecule has 2 N–H and O–H groups in total. The van der Waals surface area contributed by atoms with Crippen molar-refractivity contribution in [1.29, 1.82) is 0 Å². The maximum Gasteiger partial charge on any atom is 0.0702 e. The van der Waals surface area contributed by atoms with E-state index in [4.69, 9.17) is 10.5 Å². The van der Waals surface area contributed by atoms with Crippen LogP contribution in [0.25, 0.3) is 0 Å². The van der Waals surface area contributed by atoms with Crippen LogP contribution in [-0.4, -0.2) is 43.3 Å². The van der Waals surface area contributed by atoms with E-state index in [1.54, 1.807) is 0 Å². The van der Waals surface area contributed by atoms with Crippen LogP contribution in [0.2, 0.25) is 0 Å². The van der Waals surface area contributed by atoms with Gasteiger partial charge in [0, 0.05) is 19.2 Å². The second kappa shape index (κ2) is 7.61. The van der Waals surface area contributed by atoms with E-state index in [1.165, 1.54) is 38.5 Å². The summed E-state index contributed by atoms with van der Waals surface area (Å²) >= 11 is 0. The Kier molecular flexibility index (Phi) is 6.11. The van der Waals surface area contributed by atoms with Gasteiger partial charge in [-0.05, 0) is 50.6 Å². The predicted octanol–water partition coefficient (Wildman–Crippen LogP) is 2.64. The Labute approximate surface area is 118 Å². The van der Waals surface area contributed by atoms with Gasteiger partial charge in [0.1, 0.15) is 0 Å². The van der Waals surface area contributed by atoms with Crippen molar-refractivity contribution in [1.82, 2.24) is 4.90 Å². The molecule has 0 aromatic heterocycles. The third kappa shape index (κ3) is 3.93. The van der Waals surface area contributed by atoms with E-state index in [0.29, 0.717) is 18.1 Å². The first-order valence-corrected chi connectivity index (χ1v) is 8.34. The summed E-state index contributed by atoms with van der Waals surface area (Å²) in [5.74, 6) is 1.61. The first kappa shape index (κ1) is 15.3. The monoisotopic (exact) mass is 268 g/mol. The van der Waals surface area contributed by atoms with Crippen LogP contribution in [0.1, 0.15) is 52.4 Å². The van der Waals surface area contributed by atoms with Crippen LogP contribution in [-0.2, 0) is 4.74 Å². The van der Waals surface area contributed by atoms with Gasteiger partial charge >= 0.3 is 0 Å². The topological polar surface area (TPSA) is 38.5 Å².